The maximum absolute atomic E-state index is 13.4. The second kappa shape index (κ2) is 9.21. The largest absolute Gasteiger partial charge is 0.381 e. The van der Waals surface area contributed by atoms with E-state index in [0.717, 1.165) is 18.5 Å². The normalized spacial score (nSPS) is 19.8. The number of carbonyl (C=O) groups excluding carboxylic acids is 1. The van der Waals surface area contributed by atoms with Crippen LogP contribution in [0.3, 0.4) is 0 Å². The fraction of sp³-hybridized carbons (Fsp3) is 0.391. The molecular formula is C23H26ClN3O4S. The average Bonchev–Trinajstić information content (AvgIpc) is 3.18. The van der Waals surface area contributed by atoms with Crippen LogP contribution in [-0.2, 0) is 25.0 Å². The molecule has 2 aliphatic heterocycles. The van der Waals surface area contributed by atoms with Crippen molar-refractivity contribution in [2.45, 2.75) is 36.0 Å². The highest BCUT2D eigenvalue weighted by molar-refractivity contribution is 7.90. The van der Waals surface area contributed by atoms with Gasteiger partial charge in [-0.25, -0.2) is 0 Å². The summed E-state index contributed by atoms with van der Waals surface area (Å²) in [5.74, 6) is 0.414. The summed E-state index contributed by atoms with van der Waals surface area (Å²) in [5.41, 5.74) is 0.612. The molecule has 0 bridgehead atoms. The first kappa shape index (κ1) is 22.8. The summed E-state index contributed by atoms with van der Waals surface area (Å²) in [6.45, 7) is 1.76. The van der Waals surface area contributed by atoms with Crippen LogP contribution in [0.1, 0.15) is 31.2 Å². The van der Waals surface area contributed by atoms with Crippen molar-refractivity contribution in [1.82, 2.24) is 4.90 Å². The Labute approximate surface area is 193 Å². The number of carbonyl (C=O) groups is 1. The molecule has 170 valence electrons. The highest BCUT2D eigenvalue weighted by Crippen LogP contribution is 2.37. The minimum atomic E-state index is -3.80. The van der Waals surface area contributed by atoms with Crippen LogP contribution in [0.4, 0.5) is 5.69 Å². The van der Waals surface area contributed by atoms with E-state index in [2.05, 4.69) is 9.71 Å². The van der Waals surface area contributed by atoms with E-state index in [1.54, 1.807) is 18.2 Å². The van der Waals surface area contributed by atoms with Crippen molar-refractivity contribution < 1.29 is 17.9 Å². The van der Waals surface area contributed by atoms with Gasteiger partial charge in [-0.2, -0.15) is 8.42 Å². The molecule has 0 radical (unpaired) electrons. The van der Waals surface area contributed by atoms with E-state index in [1.807, 2.05) is 30.1 Å². The third kappa shape index (κ3) is 4.67. The number of amidine groups is 1. The molecule has 2 heterocycles. The third-order valence-corrected chi connectivity index (χ3v) is 7.68. The van der Waals surface area contributed by atoms with E-state index < -0.39 is 15.4 Å². The summed E-state index contributed by atoms with van der Waals surface area (Å²) < 4.78 is 34.8. The molecule has 0 atom stereocenters. The van der Waals surface area contributed by atoms with Crippen molar-refractivity contribution in [3.05, 3.63) is 59.1 Å². The number of nitrogens with zero attached hydrogens (tertiary/aromatic N) is 2. The van der Waals surface area contributed by atoms with E-state index in [9.17, 15) is 13.2 Å². The molecule has 0 saturated carbocycles. The molecule has 2 aromatic carbocycles. The van der Waals surface area contributed by atoms with Crippen LogP contribution in [0.5, 0.6) is 0 Å². The second-order valence-corrected chi connectivity index (χ2v) is 10.2. The lowest BCUT2D eigenvalue weighted by Gasteiger charge is -2.36. The summed E-state index contributed by atoms with van der Waals surface area (Å²) >= 11 is 6.19. The lowest BCUT2D eigenvalue weighted by atomic mass is 9.73. The van der Waals surface area contributed by atoms with E-state index in [0.29, 0.717) is 49.0 Å². The first-order valence-corrected chi connectivity index (χ1v) is 12.4. The van der Waals surface area contributed by atoms with E-state index in [-0.39, 0.29) is 10.8 Å². The Hall–Kier alpha value is -2.42. The van der Waals surface area contributed by atoms with Gasteiger partial charge in [-0.05, 0) is 61.2 Å². The second-order valence-electron chi connectivity index (χ2n) is 8.19. The van der Waals surface area contributed by atoms with Gasteiger partial charge in [0.2, 0.25) is 5.91 Å². The quantitative estimate of drug-likeness (QED) is 0.709. The topological polar surface area (TPSA) is 88.1 Å². The number of likely N-dealkylation sites (tertiary alicyclic amines) is 1. The lowest BCUT2D eigenvalue weighted by molar-refractivity contribution is -0.125. The first-order chi connectivity index (χ1) is 15.3. The molecule has 32 heavy (non-hydrogen) atoms. The van der Waals surface area contributed by atoms with Gasteiger partial charge in [-0.3, -0.25) is 4.79 Å². The molecular weight excluding hydrogens is 450 g/mol. The summed E-state index contributed by atoms with van der Waals surface area (Å²) in [5, 5.41) is 3.53. The number of rotatable bonds is 5. The lowest BCUT2D eigenvalue weighted by Crippen LogP contribution is -2.44. The van der Waals surface area contributed by atoms with Crippen LogP contribution in [0.25, 0.3) is 0 Å². The highest BCUT2D eigenvalue weighted by Gasteiger charge is 2.42. The Bertz CT molecular complexity index is 1130. The van der Waals surface area contributed by atoms with Crippen LogP contribution in [0, 0.1) is 0 Å². The molecule has 7 nitrogen and oxygen atoms in total. The zero-order valence-electron chi connectivity index (χ0n) is 17.9. The number of benzene rings is 2. The summed E-state index contributed by atoms with van der Waals surface area (Å²) in [6, 6.07) is 13.5. The number of hydrogen-bond donors (Lipinski definition) is 1. The Kier molecular flexibility index (Phi) is 6.55. The van der Waals surface area contributed by atoms with Crippen LogP contribution in [0.2, 0.25) is 5.02 Å². The van der Waals surface area contributed by atoms with E-state index in [1.165, 1.54) is 12.1 Å². The van der Waals surface area contributed by atoms with E-state index >= 15 is 0 Å². The van der Waals surface area contributed by atoms with Gasteiger partial charge in [-0.15, -0.1) is 4.40 Å². The molecule has 2 aromatic rings. The van der Waals surface area contributed by atoms with Gasteiger partial charge in [-0.1, -0.05) is 23.7 Å². The van der Waals surface area contributed by atoms with Crippen LogP contribution < -0.4 is 5.32 Å². The zero-order valence-corrected chi connectivity index (χ0v) is 19.5. The number of sulfonamides is 1. The molecule has 2 aliphatic rings. The molecule has 0 unspecified atom stereocenters. The van der Waals surface area contributed by atoms with Crippen molar-refractivity contribution in [2.75, 3.05) is 32.1 Å². The minimum Gasteiger partial charge on any atom is -0.381 e. The van der Waals surface area contributed by atoms with Gasteiger partial charge in [0.05, 0.1) is 10.3 Å². The van der Waals surface area contributed by atoms with Crippen LogP contribution in [0.15, 0.2) is 57.8 Å². The van der Waals surface area contributed by atoms with Crippen molar-refractivity contribution >= 4 is 39.1 Å². The number of halogens is 1. The maximum atomic E-state index is 13.4. The van der Waals surface area contributed by atoms with E-state index in [4.69, 9.17) is 16.3 Å². The van der Waals surface area contributed by atoms with Crippen molar-refractivity contribution in [3.8, 4) is 0 Å². The van der Waals surface area contributed by atoms with Gasteiger partial charge in [0.1, 0.15) is 5.84 Å². The molecule has 1 N–H and O–H groups in total. The van der Waals surface area contributed by atoms with Gasteiger partial charge < -0.3 is 15.0 Å². The van der Waals surface area contributed by atoms with Gasteiger partial charge in [0, 0.05) is 43.9 Å². The van der Waals surface area contributed by atoms with Crippen molar-refractivity contribution in [3.63, 3.8) is 0 Å². The molecule has 2 saturated heterocycles. The van der Waals surface area contributed by atoms with Crippen LogP contribution in [-0.4, -0.2) is 51.9 Å². The Morgan fingerprint density at radius 1 is 1.16 bits per heavy atom. The third-order valence-electron chi connectivity index (χ3n) is 6.13. The number of hydrogen-bond acceptors (Lipinski definition) is 4. The number of amides is 1. The van der Waals surface area contributed by atoms with Gasteiger partial charge in [0.15, 0.2) is 0 Å². The standard InChI is InChI=1S/C23H26ClN3O4S/c1-27-13-3-6-21(27)26-32(29,30)20-9-7-19(8-10-20)25-22(28)23(11-14-31-15-12-23)17-4-2-5-18(24)16-17/h2,4-5,7-10,16H,3,6,11-15H2,1H3,(H,25,28)/b26-21+. The number of ether oxygens (including phenoxy) is 1. The van der Waals surface area contributed by atoms with Gasteiger partial charge in [0.25, 0.3) is 10.0 Å². The highest BCUT2D eigenvalue weighted by atomic mass is 35.5. The zero-order chi connectivity index (χ0) is 22.8. The summed E-state index contributed by atoms with van der Waals surface area (Å²) in [6.07, 6.45) is 2.63. The molecule has 4 rings (SSSR count). The predicted molar refractivity (Wildman–Crippen MR) is 125 cm³/mol. The molecule has 0 aromatic heterocycles. The smallest absolute Gasteiger partial charge is 0.283 e. The van der Waals surface area contributed by atoms with Crippen LogP contribution >= 0.6 is 11.6 Å². The van der Waals surface area contributed by atoms with Crippen molar-refractivity contribution in [2.24, 2.45) is 4.40 Å². The fourth-order valence-electron chi connectivity index (χ4n) is 4.21. The minimum absolute atomic E-state index is 0.0962. The fourth-order valence-corrected chi connectivity index (χ4v) is 5.50. The molecule has 2 fully saturated rings. The van der Waals surface area contributed by atoms with Crippen molar-refractivity contribution in [1.29, 1.82) is 0 Å². The maximum Gasteiger partial charge on any atom is 0.283 e. The molecule has 0 aliphatic carbocycles. The monoisotopic (exact) mass is 475 g/mol. The van der Waals surface area contributed by atoms with Gasteiger partial charge >= 0.3 is 0 Å². The Morgan fingerprint density at radius 3 is 2.50 bits per heavy atom. The summed E-state index contributed by atoms with van der Waals surface area (Å²) in [7, 11) is -1.96. The summed E-state index contributed by atoms with van der Waals surface area (Å²) in [4.78, 5) is 15.3. The molecule has 9 heteroatoms. The Balaban J connectivity index is 1.55. The Morgan fingerprint density at radius 2 is 1.88 bits per heavy atom. The number of nitrogens with one attached hydrogen (secondary N) is 1. The average molecular weight is 476 g/mol. The molecule has 1 amide bonds. The SMILES string of the molecule is CN1CCC/C1=N\S(=O)(=O)c1ccc(NC(=O)C2(c3cccc(Cl)c3)CCOCC2)cc1. The number of anilines is 1. The first-order valence-electron chi connectivity index (χ1n) is 10.6. The molecule has 0 spiro atoms. The predicted octanol–water partition coefficient (Wildman–Crippen LogP) is 3.84.